The van der Waals surface area contributed by atoms with Crippen molar-refractivity contribution in [1.29, 1.82) is 0 Å². The van der Waals surface area contributed by atoms with Crippen LogP contribution in [-0.2, 0) is 15.1 Å². The molecule has 0 atom stereocenters. The minimum atomic E-state index is -2.95. The second-order valence-corrected chi connectivity index (χ2v) is 7.98. The van der Waals surface area contributed by atoms with Crippen LogP contribution in [0.15, 0.2) is 48.5 Å². The van der Waals surface area contributed by atoms with E-state index >= 15 is 0 Å². The van der Waals surface area contributed by atoms with Gasteiger partial charge in [-0.2, -0.15) is 8.42 Å². The van der Waals surface area contributed by atoms with Gasteiger partial charge in [-0.1, -0.05) is 0 Å². The number of nitrogens with zero attached hydrogens (tertiary/aromatic N) is 2. The molecular formula is C19H19BrN4O5S. The number of hydrogen-bond donors (Lipinski definition) is 3. The van der Waals surface area contributed by atoms with Crippen LogP contribution in [0.3, 0.4) is 0 Å². The SMILES string of the molecule is O=C(O)C(N(Br)c1ccc(C(=O)Nc2ccc(N3CCNCC3)cc2)cc1)=S(=O)=O. The van der Waals surface area contributed by atoms with Crippen LogP contribution < -0.4 is 19.5 Å². The summed E-state index contributed by atoms with van der Waals surface area (Å²) in [7, 11) is -2.95. The van der Waals surface area contributed by atoms with Crippen LogP contribution in [0.2, 0.25) is 0 Å². The summed E-state index contributed by atoms with van der Waals surface area (Å²) in [4.78, 5) is 25.0. The lowest BCUT2D eigenvalue weighted by molar-refractivity contribution is -0.129. The van der Waals surface area contributed by atoms with E-state index in [9.17, 15) is 18.0 Å². The molecule has 3 N–H and O–H groups in total. The third-order valence-electron chi connectivity index (χ3n) is 4.48. The molecule has 0 radical (unpaired) electrons. The summed E-state index contributed by atoms with van der Waals surface area (Å²) in [6.07, 6.45) is 0. The van der Waals surface area contributed by atoms with Crippen molar-refractivity contribution in [3.05, 3.63) is 54.1 Å². The molecule has 3 rings (SSSR count). The van der Waals surface area contributed by atoms with Gasteiger partial charge < -0.3 is 20.6 Å². The van der Waals surface area contributed by atoms with E-state index in [0.717, 1.165) is 35.8 Å². The summed E-state index contributed by atoms with van der Waals surface area (Å²) in [6, 6.07) is 13.4. The minimum Gasteiger partial charge on any atom is -0.476 e. The maximum atomic E-state index is 12.5. The zero-order valence-corrected chi connectivity index (χ0v) is 18.1. The average Bonchev–Trinajstić information content (AvgIpc) is 2.74. The molecule has 0 spiro atoms. The largest absolute Gasteiger partial charge is 0.476 e. The minimum absolute atomic E-state index is 0.244. The molecule has 1 aliphatic heterocycles. The maximum absolute atomic E-state index is 12.5. The number of anilines is 3. The number of aliphatic carboxylic acids is 1. The number of carbonyl (C=O) groups is 2. The molecule has 0 bridgehead atoms. The first-order chi connectivity index (χ1) is 14.4. The molecule has 1 fully saturated rings. The Bertz CT molecular complexity index is 1060. The molecule has 0 aromatic heterocycles. The van der Waals surface area contributed by atoms with Gasteiger partial charge in [0.05, 0.1) is 21.8 Å². The molecule has 1 amide bonds. The fourth-order valence-corrected chi connectivity index (χ4v) is 4.09. The lowest BCUT2D eigenvalue weighted by Crippen LogP contribution is -2.43. The zero-order chi connectivity index (χ0) is 21.7. The molecular weight excluding hydrogens is 476 g/mol. The zero-order valence-electron chi connectivity index (χ0n) is 15.7. The van der Waals surface area contributed by atoms with Crippen molar-refractivity contribution in [1.82, 2.24) is 5.32 Å². The van der Waals surface area contributed by atoms with Gasteiger partial charge in [0.25, 0.3) is 10.9 Å². The molecule has 30 heavy (non-hydrogen) atoms. The number of carboxylic acids is 1. The molecule has 0 saturated carbocycles. The quantitative estimate of drug-likeness (QED) is 0.432. The van der Waals surface area contributed by atoms with Crippen molar-refractivity contribution in [2.24, 2.45) is 0 Å². The van der Waals surface area contributed by atoms with Crippen molar-refractivity contribution >= 4 is 60.4 Å². The molecule has 1 heterocycles. The molecule has 9 nitrogen and oxygen atoms in total. The third kappa shape index (κ3) is 5.17. The van der Waals surface area contributed by atoms with E-state index < -0.39 is 21.3 Å². The molecule has 158 valence electrons. The number of piperazine rings is 1. The van der Waals surface area contributed by atoms with E-state index in [1.54, 1.807) is 0 Å². The lowest BCUT2D eigenvalue weighted by Gasteiger charge is -2.29. The Labute approximate surface area is 183 Å². The Kier molecular flexibility index (Phi) is 7.08. The van der Waals surface area contributed by atoms with Crippen LogP contribution in [0, 0.1) is 0 Å². The van der Waals surface area contributed by atoms with Gasteiger partial charge in [0.1, 0.15) is 0 Å². The standard InChI is InChI=1S/C19H19BrN4O5S/c20-24(18(19(26)27)30(28)29)16-5-1-13(2-6-16)17(25)22-14-3-7-15(8-4-14)23-11-9-21-10-12-23/h1-8,21H,9-12H2,(H,22,25)(H,26,27). The molecule has 0 unspecified atom stereocenters. The monoisotopic (exact) mass is 494 g/mol. The summed E-state index contributed by atoms with van der Waals surface area (Å²) < 4.78 is 23.0. The number of carboxylic acid groups (broad SMARTS) is 1. The maximum Gasteiger partial charge on any atom is 0.369 e. The number of nitrogens with one attached hydrogen (secondary N) is 2. The van der Waals surface area contributed by atoms with Gasteiger partial charge in [-0.05, 0) is 48.5 Å². The van der Waals surface area contributed by atoms with E-state index in [4.69, 9.17) is 5.11 Å². The summed E-state index contributed by atoms with van der Waals surface area (Å²) in [5.74, 6) is -1.95. The van der Waals surface area contributed by atoms with Crippen LogP contribution in [0.5, 0.6) is 0 Å². The van der Waals surface area contributed by atoms with Crippen LogP contribution in [-0.4, -0.2) is 56.6 Å². The first kappa shape index (κ1) is 21.8. The van der Waals surface area contributed by atoms with E-state index in [-0.39, 0.29) is 11.6 Å². The second kappa shape index (κ2) is 9.74. The van der Waals surface area contributed by atoms with Crippen LogP contribution in [0.4, 0.5) is 17.1 Å². The van der Waals surface area contributed by atoms with Gasteiger partial charge in [-0.3, -0.25) is 8.72 Å². The predicted octanol–water partition coefficient (Wildman–Crippen LogP) is 1.56. The highest BCUT2D eigenvalue weighted by Gasteiger charge is 2.21. The topological polar surface area (TPSA) is 119 Å². The molecule has 1 saturated heterocycles. The smallest absolute Gasteiger partial charge is 0.369 e. The average molecular weight is 495 g/mol. The van der Waals surface area contributed by atoms with E-state index in [0.29, 0.717) is 11.3 Å². The van der Waals surface area contributed by atoms with E-state index in [2.05, 4.69) is 31.7 Å². The number of benzene rings is 2. The normalized spacial score (nSPS) is 13.4. The molecule has 1 aliphatic rings. The Hall–Kier alpha value is -2.89. The van der Waals surface area contributed by atoms with Crippen molar-refractivity contribution in [3.63, 3.8) is 0 Å². The second-order valence-electron chi connectivity index (χ2n) is 6.41. The number of hydrogen-bond acceptors (Lipinski definition) is 6. The summed E-state index contributed by atoms with van der Waals surface area (Å²) >= 11 is 2.92. The Morgan fingerprint density at radius 2 is 1.63 bits per heavy atom. The van der Waals surface area contributed by atoms with Crippen LogP contribution >= 0.6 is 16.1 Å². The number of amides is 1. The van der Waals surface area contributed by atoms with Crippen LogP contribution in [0.1, 0.15) is 10.4 Å². The van der Waals surface area contributed by atoms with E-state index in [1.807, 2.05) is 24.3 Å². The van der Waals surface area contributed by atoms with Crippen molar-refractivity contribution < 1.29 is 23.1 Å². The molecule has 2 aromatic carbocycles. The molecule has 0 aliphatic carbocycles. The molecule has 2 aromatic rings. The van der Waals surface area contributed by atoms with Gasteiger partial charge in [-0.25, -0.2) is 4.79 Å². The van der Waals surface area contributed by atoms with Gasteiger partial charge >= 0.3 is 5.97 Å². The number of carbonyl (C=O) groups excluding carboxylic acids is 1. The Balaban J connectivity index is 1.67. The number of halogens is 1. The first-order valence-electron chi connectivity index (χ1n) is 8.99. The van der Waals surface area contributed by atoms with Gasteiger partial charge in [-0.15, -0.1) is 0 Å². The molecule has 11 heteroatoms. The van der Waals surface area contributed by atoms with Crippen molar-refractivity contribution in [2.75, 3.05) is 40.3 Å². The van der Waals surface area contributed by atoms with Gasteiger partial charge in [0.2, 0.25) is 10.3 Å². The summed E-state index contributed by atoms with van der Waals surface area (Å²) in [6.45, 7) is 3.75. The summed E-state index contributed by atoms with van der Waals surface area (Å²) in [5.41, 5.74) is 2.32. The van der Waals surface area contributed by atoms with Crippen LogP contribution in [0.25, 0.3) is 0 Å². The Morgan fingerprint density at radius 3 is 2.17 bits per heavy atom. The highest BCUT2D eigenvalue weighted by atomic mass is 79.9. The third-order valence-corrected chi connectivity index (χ3v) is 6.15. The summed E-state index contributed by atoms with van der Waals surface area (Å²) in [5, 5.41) is 15.1. The van der Waals surface area contributed by atoms with Crippen molar-refractivity contribution in [3.8, 4) is 0 Å². The fourth-order valence-electron chi connectivity index (χ4n) is 2.96. The van der Waals surface area contributed by atoms with E-state index in [1.165, 1.54) is 24.3 Å². The Morgan fingerprint density at radius 1 is 1.03 bits per heavy atom. The lowest BCUT2D eigenvalue weighted by atomic mass is 10.2. The van der Waals surface area contributed by atoms with Gasteiger partial charge in [0.15, 0.2) is 0 Å². The fraction of sp³-hybridized carbons (Fsp3) is 0.211. The highest BCUT2D eigenvalue weighted by molar-refractivity contribution is 9.10. The highest BCUT2D eigenvalue weighted by Crippen LogP contribution is 2.21. The first-order valence-corrected chi connectivity index (χ1v) is 10.8. The predicted molar refractivity (Wildman–Crippen MR) is 119 cm³/mol. The van der Waals surface area contributed by atoms with Crippen molar-refractivity contribution in [2.45, 2.75) is 0 Å². The number of rotatable bonds is 4. The van der Waals surface area contributed by atoms with Gasteiger partial charge in [0, 0.05) is 43.1 Å².